The average molecular weight is 227 g/mol. The Kier molecular flexibility index (Phi) is 5.22. The van der Waals surface area contributed by atoms with Crippen LogP contribution in [0.25, 0.3) is 0 Å². The lowest BCUT2D eigenvalue weighted by molar-refractivity contribution is -0.127. The van der Waals surface area contributed by atoms with Gasteiger partial charge in [0.05, 0.1) is 0 Å². The SMILES string of the molecule is CC(CCN(C)C)NC(=O)C(C)C1CNC1. The normalized spacial score (nSPS) is 20.3. The molecule has 1 amide bonds. The molecule has 0 aromatic rings. The van der Waals surface area contributed by atoms with E-state index in [1.54, 1.807) is 0 Å². The van der Waals surface area contributed by atoms with Gasteiger partial charge in [-0.25, -0.2) is 0 Å². The first-order chi connectivity index (χ1) is 7.50. The molecule has 0 aliphatic carbocycles. The van der Waals surface area contributed by atoms with E-state index in [0.717, 1.165) is 26.1 Å². The number of carbonyl (C=O) groups excluding carboxylic acids is 1. The fraction of sp³-hybridized carbons (Fsp3) is 0.917. The van der Waals surface area contributed by atoms with Crippen LogP contribution in [0.1, 0.15) is 20.3 Å². The summed E-state index contributed by atoms with van der Waals surface area (Å²) in [5, 5.41) is 6.29. The average Bonchev–Trinajstić information content (AvgIpc) is 2.11. The van der Waals surface area contributed by atoms with Gasteiger partial charge in [0.25, 0.3) is 0 Å². The van der Waals surface area contributed by atoms with Crippen LogP contribution in [0.15, 0.2) is 0 Å². The number of hydrogen-bond acceptors (Lipinski definition) is 3. The van der Waals surface area contributed by atoms with Crippen molar-refractivity contribution in [1.82, 2.24) is 15.5 Å². The third kappa shape index (κ3) is 4.10. The van der Waals surface area contributed by atoms with E-state index in [0.29, 0.717) is 5.92 Å². The maximum absolute atomic E-state index is 11.9. The Morgan fingerprint density at radius 1 is 1.44 bits per heavy atom. The molecule has 1 saturated heterocycles. The molecule has 4 heteroatoms. The first kappa shape index (κ1) is 13.5. The summed E-state index contributed by atoms with van der Waals surface area (Å²) in [6, 6.07) is 0.269. The highest BCUT2D eigenvalue weighted by atomic mass is 16.1. The van der Waals surface area contributed by atoms with Crippen LogP contribution in [-0.2, 0) is 4.79 Å². The van der Waals surface area contributed by atoms with E-state index >= 15 is 0 Å². The Morgan fingerprint density at radius 2 is 2.06 bits per heavy atom. The molecule has 0 aromatic carbocycles. The van der Waals surface area contributed by atoms with Crippen LogP contribution in [0.4, 0.5) is 0 Å². The lowest BCUT2D eigenvalue weighted by Gasteiger charge is -2.32. The van der Waals surface area contributed by atoms with Gasteiger partial charge in [0.1, 0.15) is 0 Å². The zero-order valence-corrected chi connectivity index (χ0v) is 10.9. The first-order valence-corrected chi connectivity index (χ1v) is 6.16. The topological polar surface area (TPSA) is 44.4 Å². The molecule has 0 spiro atoms. The summed E-state index contributed by atoms with van der Waals surface area (Å²) >= 11 is 0. The third-order valence-electron chi connectivity index (χ3n) is 3.33. The summed E-state index contributed by atoms with van der Waals surface area (Å²) in [6.45, 7) is 7.09. The van der Waals surface area contributed by atoms with Crippen molar-refractivity contribution in [2.45, 2.75) is 26.3 Å². The molecule has 4 nitrogen and oxygen atoms in total. The van der Waals surface area contributed by atoms with Gasteiger partial charge in [-0.05, 0) is 53.0 Å². The van der Waals surface area contributed by atoms with Crippen molar-refractivity contribution >= 4 is 5.91 Å². The predicted molar refractivity (Wildman–Crippen MR) is 66.3 cm³/mol. The van der Waals surface area contributed by atoms with Gasteiger partial charge >= 0.3 is 0 Å². The van der Waals surface area contributed by atoms with Crippen molar-refractivity contribution < 1.29 is 4.79 Å². The van der Waals surface area contributed by atoms with Crippen molar-refractivity contribution in [3.63, 3.8) is 0 Å². The van der Waals surface area contributed by atoms with Crippen LogP contribution >= 0.6 is 0 Å². The molecule has 0 aromatic heterocycles. The molecule has 2 N–H and O–H groups in total. The van der Waals surface area contributed by atoms with Gasteiger partial charge < -0.3 is 15.5 Å². The number of nitrogens with zero attached hydrogens (tertiary/aromatic N) is 1. The van der Waals surface area contributed by atoms with Gasteiger partial charge in [0.15, 0.2) is 0 Å². The zero-order valence-electron chi connectivity index (χ0n) is 10.9. The van der Waals surface area contributed by atoms with E-state index in [2.05, 4.69) is 36.6 Å². The van der Waals surface area contributed by atoms with Gasteiger partial charge in [-0.3, -0.25) is 4.79 Å². The molecule has 1 aliphatic rings. The molecule has 0 bridgehead atoms. The van der Waals surface area contributed by atoms with E-state index in [4.69, 9.17) is 0 Å². The van der Waals surface area contributed by atoms with Gasteiger partial charge in [-0.2, -0.15) is 0 Å². The molecule has 0 radical (unpaired) electrons. The van der Waals surface area contributed by atoms with Crippen molar-refractivity contribution in [2.24, 2.45) is 11.8 Å². The van der Waals surface area contributed by atoms with E-state index in [9.17, 15) is 4.79 Å². The predicted octanol–water partition coefficient (Wildman–Crippen LogP) is 0.298. The van der Waals surface area contributed by atoms with Crippen molar-refractivity contribution in [3.8, 4) is 0 Å². The number of nitrogens with one attached hydrogen (secondary N) is 2. The lowest BCUT2D eigenvalue weighted by atomic mass is 9.88. The van der Waals surface area contributed by atoms with Gasteiger partial charge in [0.2, 0.25) is 5.91 Å². The minimum absolute atomic E-state index is 0.142. The second-order valence-electron chi connectivity index (χ2n) is 5.21. The number of carbonyl (C=O) groups is 1. The van der Waals surface area contributed by atoms with Crippen molar-refractivity contribution in [2.75, 3.05) is 33.7 Å². The van der Waals surface area contributed by atoms with E-state index < -0.39 is 0 Å². The van der Waals surface area contributed by atoms with E-state index in [1.807, 2.05) is 6.92 Å². The van der Waals surface area contributed by atoms with Crippen LogP contribution in [0, 0.1) is 11.8 Å². The first-order valence-electron chi connectivity index (χ1n) is 6.16. The maximum Gasteiger partial charge on any atom is 0.223 e. The third-order valence-corrected chi connectivity index (χ3v) is 3.33. The summed E-state index contributed by atoms with van der Waals surface area (Å²) in [5.41, 5.74) is 0. The molecular weight excluding hydrogens is 202 g/mol. The van der Waals surface area contributed by atoms with Crippen LogP contribution in [-0.4, -0.2) is 50.6 Å². The van der Waals surface area contributed by atoms with Crippen molar-refractivity contribution in [3.05, 3.63) is 0 Å². The smallest absolute Gasteiger partial charge is 0.223 e. The van der Waals surface area contributed by atoms with E-state index in [1.165, 1.54) is 0 Å². The highest BCUT2D eigenvalue weighted by Crippen LogP contribution is 2.16. The Bertz CT molecular complexity index is 226. The number of hydrogen-bond donors (Lipinski definition) is 2. The molecule has 2 unspecified atom stereocenters. The molecule has 1 heterocycles. The van der Waals surface area contributed by atoms with E-state index in [-0.39, 0.29) is 17.9 Å². The number of amides is 1. The Balaban J connectivity index is 2.21. The van der Waals surface area contributed by atoms with Crippen LogP contribution < -0.4 is 10.6 Å². The molecule has 1 aliphatic heterocycles. The molecule has 94 valence electrons. The quantitative estimate of drug-likeness (QED) is 0.686. The fourth-order valence-corrected chi connectivity index (χ4v) is 1.78. The van der Waals surface area contributed by atoms with Crippen LogP contribution in [0.5, 0.6) is 0 Å². The fourth-order valence-electron chi connectivity index (χ4n) is 1.78. The number of rotatable bonds is 6. The Labute approximate surface area is 98.8 Å². The van der Waals surface area contributed by atoms with Gasteiger partial charge in [-0.1, -0.05) is 6.92 Å². The second kappa shape index (κ2) is 6.21. The summed E-state index contributed by atoms with van der Waals surface area (Å²) in [5.74, 6) is 0.877. The monoisotopic (exact) mass is 227 g/mol. The highest BCUT2D eigenvalue weighted by molar-refractivity contribution is 5.79. The summed E-state index contributed by atoms with van der Waals surface area (Å²) in [4.78, 5) is 14.0. The Morgan fingerprint density at radius 3 is 2.50 bits per heavy atom. The highest BCUT2D eigenvalue weighted by Gasteiger charge is 2.28. The van der Waals surface area contributed by atoms with Crippen LogP contribution in [0.3, 0.4) is 0 Å². The second-order valence-corrected chi connectivity index (χ2v) is 5.21. The lowest BCUT2D eigenvalue weighted by Crippen LogP contribution is -2.50. The molecule has 1 fully saturated rings. The zero-order chi connectivity index (χ0) is 12.1. The largest absolute Gasteiger partial charge is 0.353 e. The molecule has 0 saturated carbocycles. The summed E-state index contributed by atoms with van der Waals surface area (Å²) < 4.78 is 0. The Hall–Kier alpha value is -0.610. The van der Waals surface area contributed by atoms with Crippen LogP contribution in [0.2, 0.25) is 0 Å². The molecule has 16 heavy (non-hydrogen) atoms. The summed E-state index contributed by atoms with van der Waals surface area (Å²) in [7, 11) is 4.11. The molecule has 1 rings (SSSR count). The molecular formula is C12H25N3O. The standard InChI is InChI=1S/C12H25N3O/c1-9(5-6-15(3)4)14-12(16)10(2)11-7-13-8-11/h9-11,13H,5-8H2,1-4H3,(H,14,16). The summed E-state index contributed by atoms with van der Waals surface area (Å²) in [6.07, 6.45) is 1.01. The molecule has 2 atom stereocenters. The maximum atomic E-state index is 11.9. The van der Waals surface area contributed by atoms with Gasteiger partial charge in [-0.15, -0.1) is 0 Å². The van der Waals surface area contributed by atoms with Gasteiger partial charge in [0, 0.05) is 12.0 Å². The van der Waals surface area contributed by atoms with Crippen molar-refractivity contribution in [1.29, 1.82) is 0 Å². The minimum atomic E-state index is 0.142. The minimum Gasteiger partial charge on any atom is -0.353 e.